The predicted octanol–water partition coefficient (Wildman–Crippen LogP) is 1.83. The fraction of sp³-hybridized carbons (Fsp3) is 0. The van der Waals surface area contributed by atoms with Crippen molar-refractivity contribution in [3.8, 4) is 5.69 Å². The van der Waals surface area contributed by atoms with Crippen molar-refractivity contribution >= 4 is 17.3 Å². The average molecular weight is 213 g/mol. The predicted molar refractivity (Wildman–Crippen MR) is 56.5 cm³/mol. The van der Waals surface area contributed by atoms with E-state index in [1.165, 1.54) is 0 Å². The van der Waals surface area contributed by atoms with Gasteiger partial charge in [-0.1, -0.05) is 5.21 Å². The van der Waals surface area contributed by atoms with Crippen LogP contribution in [0.4, 0.5) is 0 Å². The molecule has 0 saturated heterocycles. The molecule has 3 rings (SSSR count). The molecule has 5 heteroatoms. The zero-order chi connectivity index (χ0) is 11.0. The Morgan fingerprint density at radius 1 is 1.38 bits per heavy atom. The van der Waals surface area contributed by atoms with Crippen LogP contribution >= 0.6 is 0 Å². The Morgan fingerprint density at radius 2 is 2.31 bits per heavy atom. The average Bonchev–Trinajstić information content (AvgIpc) is 2.97. The Morgan fingerprint density at radius 3 is 3.06 bits per heavy atom. The highest BCUT2D eigenvalue weighted by Gasteiger charge is 2.07. The molecule has 5 nitrogen and oxygen atoms in total. The first-order valence-electron chi connectivity index (χ1n) is 4.71. The molecular weight excluding hydrogens is 206 g/mol. The van der Waals surface area contributed by atoms with Gasteiger partial charge in [0.15, 0.2) is 6.29 Å². The maximum absolute atomic E-state index is 10.9. The lowest BCUT2D eigenvalue weighted by molar-refractivity contribution is 0.112. The fourth-order valence-corrected chi connectivity index (χ4v) is 1.66. The number of aromatic nitrogens is 3. The number of hydrogen-bond acceptors (Lipinski definition) is 4. The summed E-state index contributed by atoms with van der Waals surface area (Å²) < 4.78 is 6.83. The van der Waals surface area contributed by atoms with E-state index < -0.39 is 0 Å². The largest absolute Gasteiger partial charge is 0.464 e. The molecule has 0 aliphatic heterocycles. The second-order valence-corrected chi connectivity index (χ2v) is 3.34. The van der Waals surface area contributed by atoms with Gasteiger partial charge < -0.3 is 4.42 Å². The molecule has 1 aromatic carbocycles. The Kier molecular flexibility index (Phi) is 1.83. The summed E-state index contributed by atoms with van der Waals surface area (Å²) in [6, 6.07) is 5.41. The van der Waals surface area contributed by atoms with Crippen LogP contribution < -0.4 is 0 Å². The molecule has 0 N–H and O–H groups in total. The normalized spacial score (nSPS) is 10.8. The number of rotatable bonds is 2. The quantitative estimate of drug-likeness (QED) is 0.609. The van der Waals surface area contributed by atoms with Crippen LogP contribution in [-0.2, 0) is 0 Å². The van der Waals surface area contributed by atoms with Crippen molar-refractivity contribution in [2.45, 2.75) is 0 Å². The molecule has 3 aromatic rings. The minimum absolute atomic E-state index is 0.507. The summed E-state index contributed by atoms with van der Waals surface area (Å²) in [6.07, 6.45) is 5.63. The van der Waals surface area contributed by atoms with E-state index in [9.17, 15) is 4.79 Å². The second kappa shape index (κ2) is 3.30. The smallest absolute Gasteiger partial charge is 0.153 e. The first-order valence-corrected chi connectivity index (χ1v) is 4.71. The Labute approximate surface area is 90.3 Å². The van der Waals surface area contributed by atoms with Gasteiger partial charge in [0.1, 0.15) is 5.58 Å². The SMILES string of the molecule is O=Cc1cc(-n2ccnn2)cc2ccoc12. The van der Waals surface area contributed by atoms with Gasteiger partial charge in [0.25, 0.3) is 0 Å². The number of hydrogen-bond donors (Lipinski definition) is 0. The zero-order valence-corrected chi connectivity index (χ0v) is 8.20. The van der Waals surface area contributed by atoms with Crippen molar-refractivity contribution in [3.63, 3.8) is 0 Å². The molecule has 0 spiro atoms. The van der Waals surface area contributed by atoms with Crippen LogP contribution in [0.5, 0.6) is 0 Å². The molecule has 0 atom stereocenters. The summed E-state index contributed by atoms with van der Waals surface area (Å²) in [5.41, 5.74) is 1.89. The maximum atomic E-state index is 10.9. The third kappa shape index (κ3) is 1.22. The summed E-state index contributed by atoms with van der Waals surface area (Å²) in [4.78, 5) is 10.9. The molecule has 0 radical (unpaired) electrons. The summed E-state index contributed by atoms with van der Waals surface area (Å²) in [5, 5.41) is 8.47. The molecule has 0 bridgehead atoms. The molecule has 0 fully saturated rings. The van der Waals surface area contributed by atoms with E-state index in [1.54, 1.807) is 29.4 Å². The zero-order valence-electron chi connectivity index (χ0n) is 8.20. The Hall–Kier alpha value is -2.43. The monoisotopic (exact) mass is 213 g/mol. The van der Waals surface area contributed by atoms with Crippen molar-refractivity contribution in [1.82, 2.24) is 15.0 Å². The molecule has 2 aromatic heterocycles. The molecule has 0 saturated carbocycles. The third-order valence-electron chi connectivity index (χ3n) is 2.38. The van der Waals surface area contributed by atoms with Crippen molar-refractivity contribution in [2.24, 2.45) is 0 Å². The number of benzene rings is 1. The van der Waals surface area contributed by atoms with Gasteiger partial charge in [0, 0.05) is 5.39 Å². The van der Waals surface area contributed by atoms with Crippen LogP contribution in [0.1, 0.15) is 10.4 Å². The van der Waals surface area contributed by atoms with Gasteiger partial charge in [-0.3, -0.25) is 4.79 Å². The highest BCUT2D eigenvalue weighted by molar-refractivity contribution is 5.96. The lowest BCUT2D eigenvalue weighted by Gasteiger charge is -2.01. The van der Waals surface area contributed by atoms with Crippen molar-refractivity contribution in [1.29, 1.82) is 0 Å². The first kappa shape index (κ1) is 8.84. The summed E-state index contributed by atoms with van der Waals surface area (Å²) >= 11 is 0. The van der Waals surface area contributed by atoms with E-state index in [1.807, 2.05) is 12.1 Å². The van der Waals surface area contributed by atoms with Crippen molar-refractivity contribution in [2.75, 3.05) is 0 Å². The Balaban J connectivity index is 2.31. The molecule has 16 heavy (non-hydrogen) atoms. The number of aldehydes is 1. The first-order chi connectivity index (χ1) is 7.88. The van der Waals surface area contributed by atoms with Gasteiger partial charge in [0.2, 0.25) is 0 Å². The van der Waals surface area contributed by atoms with Gasteiger partial charge in [0.05, 0.1) is 29.9 Å². The standard InChI is InChI=1S/C11H7N3O2/c15-7-9-6-10(14-3-2-12-13-14)5-8-1-4-16-11(8)9/h1-7H. The number of nitrogens with zero attached hydrogens (tertiary/aromatic N) is 3. The molecular formula is C11H7N3O2. The number of fused-ring (bicyclic) bond motifs is 1. The van der Waals surface area contributed by atoms with Crippen LogP contribution in [0.25, 0.3) is 16.7 Å². The minimum Gasteiger partial charge on any atom is -0.464 e. The topological polar surface area (TPSA) is 60.9 Å². The van der Waals surface area contributed by atoms with Gasteiger partial charge in [-0.2, -0.15) is 0 Å². The van der Waals surface area contributed by atoms with E-state index in [2.05, 4.69) is 10.3 Å². The van der Waals surface area contributed by atoms with E-state index >= 15 is 0 Å². The third-order valence-corrected chi connectivity index (χ3v) is 2.38. The number of carbonyl (C=O) groups is 1. The van der Waals surface area contributed by atoms with E-state index in [0.29, 0.717) is 11.1 Å². The maximum Gasteiger partial charge on any atom is 0.153 e. The summed E-state index contributed by atoms with van der Waals surface area (Å²) in [6.45, 7) is 0. The van der Waals surface area contributed by atoms with Crippen LogP contribution in [0.3, 0.4) is 0 Å². The van der Waals surface area contributed by atoms with Crippen LogP contribution in [0.2, 0.25) is 0 Å². The van der Waals surface area contributed by atoms with Crippen LogP contribution in [0, 0.1) is 0 Å². The summed E-state index contributed by atoms with van der Waals surface area (Å²) in [7, 11) is 0. The van der Waals surface area contributed by atoms with Gasteiger partial charge in [-0.15, -0.1) is 5.10 Å². The fourth-order valence-electron chi connectivity index (χ4n) is 1.66. The highest BCUT2D eigenvalue weighted by atomic mass is 16.3. The highest BCUT2D eigenvalue weighted by Crippen LogP contribution is 2.22. The molecule has 0 amide bonds. The molecule has 0 aliphatic rings. The lowest BCUT2D eigenvalue weighted by Crippen LogP contribution is -1.96. The second-order valence-electron chi connectivity index (χ2n) is 3.34. The van der Waals surface area contributed by atoms with E-state index in [-0.39, 0.29) is 0 Å². The summed E-state index contributed by atoms with van der Waals surface area (Å²) in [5.74, 6) is 0. The van der Waals surface area contributed by atoms with Gasteiger partial charge in [-0.25, -0.2) is 4.68 Å². The van der Waals surface area contributed by atoms with Crippen molar-refractivity contribution in [3.05, 3.63) is 42.4 Å². The minimum atomic E-state index is 0.507. The van der Waals surface area contributed by atoms with Gasteiger partial charge >= 0.3 is 0 Å². The molecule has 0 unspecified atom stereocenters. The van der Waals surface area contributed by atoms with Gasteiger partial charge in [-0.05, 0) is 18.2 Å². The van der Waals surface area contributed by atoms with Crippen molar-refractivity contribution < 1.29 is 9.21 Å². The molecule has 78 valence electrons. The van der Waals surface area contributed by atoms with E-state index in [0.717, 1.165) is 17.4 Å². The molecule has 0 aliphatic carbocycles. The molecule has 2 heterocycles. The van der Waals surface area contributed by atoms with E-state index in [4.69, 9.17) is 4.42 Å². The number of furan rings is 1. The number of carbonyl (C=O) groups excluding carboxylic acids is 1. The van der Waals surface area contributed by atoms with Crippen LogP contribution in [0.15, 0.2) is 41.3 Å². The van der Waals surface area contributed by atoms with Crippen LogP contribution in [-0.4, -0.2) is 21.3 Å². The lowest BCUT2D eigenvalue weighted by atomic mass is 10.1. The Bertz CT molecular complexity index is 640.